The fraction of sp³-hybridized carbons (Fsp3) is 0.931. The maximum atomic E-state index is 14.4. The summed E-state index contributed by atoms with van der Waals surface area (Å²) in [6.07, 6.45) is 5.90. The van der Waals surface area contributed by atoms with Gasteiger partial charge in [-0.2, -0.15) is 0 Å². The molecule has 0 aromatic heterocycles. The van der Waals surface area contributed by atoms with Gasteiger partial charge < -0.3 is 19.4 Å². The molecular weight excluding hydrogens is 428 g/mol. The number of aliphatic hydroxyl groups excluding tert-OH is 1. The van der Waals surface area contributed by atoms with Crippen molar-refractivity contribution in [2.45, 2.75) is 118 Å². The maximum Gasteiger partial charge on any atom is 0.165 e. The lowest BCUT2D eigenvalue weighted by atomic mass is 9.36. The van der Waals surface area contributed by atoms with Crippen LogP contribution in [0.1, 0.15) is 99.8 Å². The van der Waals surface area contributed by atoms with Gasteiger partial charge in [0.05, 0.1) is 11.7 Å². The summed E-state index contributed by atoms with van der Waals surface area (Å²) in [7, 11) is 0. The average molecular weight is 475 g/mol. The summed E-state index contributed by atoms with van der Waals surface area (Å²) in [6, 6.07) is 0. The van der Waals surface area contributed by atoms with Crippen molar-refractivity contribution < 1.29 is 24.2 Å². The minimum absolute atomic E-state index is 0.0243. The van der Waals surface area contributed by atoms with Gasteiger partial charge in [0.1, 0.15) is 11.6 Å². The number of rotatable bonds is 5. The number of hydrogen-bond acceptors (Lipinski definition) is 5. The Balaban J connectivity index is 1.62. The van der Waals surface area contributed by atoms with E-state index in [9.17, 15) is 14.7 Å². The molecule has 0 aromatic rings. The molecule has 5 nitrogen and oxygen atoms in total. The first kappa shape index (κ1) is 24.9. The molecule has 5 aliphatic rings. The number of carbonyl (C=O) groups is 2. The van der Waals surface area contributed by atoms with Crippen LogP contribution in [0.5, 0.6) is 0 Å². The highest BCUT2D eigenvalue weighted by Crippen LogP contribution is 2.79. The molecule has 1 heterocycles. The molecule has 5 fully saturated rings. The summed E-state index contributed by atoms with van der Waals surface area (Å²) in [5.41, 5.74) is -1.58. The fourth-order valence-electron chi connectivity index (χ4n) is 10.6. The highest BCUT2D eigenvalue weighted by atomic mass is 16.7. The minimum Gasteiger partial charge on any atom is -0.392 e. The van der Waals surface area contributed by atoms with E-state index >= 15 is 0 Å². The standard InChI is InChI=1S/C29H46O5/c1-8-33-24-28-14-13-26(6)19(17(2)15-18(3)30)11-12-27(26,7)23(28)20(31)16-29(34-24)21(28)9-10-22(32)25(29,4)5/h17,19,21-24,32H,8-16H2,1-7H3/t17-,19-,21?,22+,23?,24-,26-,27+,28+,29-/m1/s1. The van der Waals surface area contributed by atoms with Crippen molar-refractivity contribution in [3.05, 3.63) is 0 Å². The van der Waals surface area contributed by atoms with E-state index in [2.05, 4.69) is 34.6 Å². The first-order chi connectivity index (χ1) is 15.8. The molecule has 0 radical (unpaired) electrons. The normalized spacial score (nSPS) is 52.0. The van der Waals surface area contributed by atoms with E-state index in [1.807, 2.05) is 6.92 Å². The van der Waals surface area contributed by atoms with Crippen molar-refractivity contribution >= 4 is 11.6 Å². The molecular formula is C29H46O5. The summed E-state index contributed by atoms with van der Waals surface area (Å²) in [6.45, 7) is 15.5. The molecule has 10 atom stereocenters. The zero-order chi connectivity index (χ0) is 24.9. The molecule has 5 rings (SSSR count). The Hall–Kier alpha value is -0.780. The Labute approximate surface area is 205 Å². The van der Waals surface area contributed by atoms with Crippen molar-refractivity contribution in [1.29, 1.82) is 0 Å². The van der Waals surface area contributed by atoms with E-state index in [0.29, 0.717) is 37.1 Å². The molecule has 2 bridgehead atoms. The van der Waals surface area contributed by atoms with Gasteiger partial charge in [-0.15, -0.1) is 0 Å². The van der Waals surface area contributed by atoms with Crippen LogP contribution in [0.15, 0.2) is 0 Å². The highest BCUT2D eigenvalue weighted by Gasteiger charge is 2.81. The average Bonchev–Trinajstić information content (AvgIpc) is 3.11. The number of Topliss-reactive ketones (excluding diaryl/α,β-unsaturated/α-hetero) is 2. The Morgan fingerprint density at radius 3 is 2.47 bits per heavy atom. The second kappa shape index (κ2) is 7.61. The third-order valence-electron chi connectivity index (χ3n) is 12.3. The molecule has 1 spiro atoms. The Morgan fingerprint density at radius 2 is 1.82 bits per heavy atom. The lowest BCUT2D eigenvalue weighted by Gasteiger charge is -2.66. The predicted octanol–water partition coefficient (Wildman–Crippen LogP) is 5.32. The number of ketones is 2. The number of aliphatic hydroxyl groups is 1. The van der Waals surface area contributed by atoms with Crippen LogP contribution in [-0.2, 0) is 19.1 Å². The molecule has 1 saturated heterocycles. The summed E-state index contributed by atoms with van der Waals surface area (Å²) in [4.78, 5) is 26.3. The monoisotopic (exact) mass is 474 g/mol. The maximum absolute atomic E-state index is 14.4. The van der Waals surface area contributed by atoms with Gasteiger partial charge in [-0.25, -0.2) is 0 Å². The number of ether oxygens (including phenoxy) is 2. The zero-order valence-electron chi connectivity index (χ0n) is 22.4. The molecule has 5 heteroatoms. The minimum atomic E-state index is -0.651. The molecule has 1 N–H and O–H groups in total. The van der Waals surface area contributed by atoms with Crippen LogP contribution >= 0.6 is 0 Å². The third kappa shape index (κ3) is 2.73. The SMILES string of the molecule is CCO[C@@H]1O[C@]23CC(=O)C4[C@]1(CC[C@]1(C)[C@@H]([C@H](C)CC(C)=O)CC[C@@]41C)C2CC[C@H](O)C3(C)C. The Morgan fingerprint density at radius 1 is 1.12 bits per heavy atom. The quantitative estimate of drug-likeness (QED) is 0.584. The van der Waals surface area contributed by atoms with E-state index < -0.39 is 23.4 Å². The molecule has 2 unspecified atom stereocenters. The van der Waals surface area contributed by atoms with Crippen LogP contribution in [0.25, 0.3) is 0 Å². The molecule has 0 aromatic carbocycles. The van der Waals surface area contributed by atoms with Gasteiger partial charge in [0.15, 0.2) is 6.29 Å². The third-order valence-corrected chi connectivity index (χ3v) is 12.3. The van der Waals surface area contributed by atoms with Crippen LogP contribution < -0.4 is 0 Å². The summed E-state index contributed by atoms with van der Waals surface area (Å²) in [5, 5.41) is 11.0. The Kier molecular flexibility index (Phi) is 5.58. The second-order valence-electron chi connectivity index (χ2n) is 13.7. The van der Waals surface area contributed by atoms with E-state index in [1.165, 1.54) is 0 Å². The number of fused-ring (bicyclic) bond motifs is 2. The van der Waals surface area contributed by atoms with Crippen LogP contribution in [0.2, 0.25) is 0 Å². The lowest BCUT2D eigenvalue weighted by molar-refractivity contribution is -0.240. The van der Waals surface area contributed by atoms with Gasteiger partial charge in [-0.3, -0.25) is 4.79 Å². The summed E-state index contributed by atoms with van der Waals surface area (Å²) >= 11 is 0. The van der Waals surface area contributed by atoms with Crippen molar-refractivity contribution in [3.63, 3.8) is 0 Å². The van der Waals surface area contributed by atoms with Crippen LogP contribution in [0.3, 0.4) is 0 Å². The van der Waals surface area contributed by atoms with Gasteiger partial charge in [-0.05, 0) is 75.0 Å². The van der Waals surface area contributed by atoms with Gasteiger partial charge in [0, 0.05) is 42.1 Å². The van der Waals surface area contributed by atoms with Crippen LogP contribution in [-0.4, -0.2) is 41.3 Å². The first-order valence-electron chi connectivity index (χ1n) is 13.8. The highest BCUT2D eigenvalue weighted by molar-refractivity contribution is 5.86. The van der Waals surface area contributed by atoms with Gasteiger partial charge in [-0.1, -0.05) is 34.6 Å². The van der Waals surface area contributed by atoms with Crippen molar-refractivity contribution in [2.75, 3.05) is 6.61 Å². The van der Waals surface area contributed by atoms with E-state index in [1.54, 1.807) is 6.92 Å². The molecule has 4 aliphatic carbocycles. The van der Waals surface area contributed by atoms with E-state index in [0.717, 1.165) is 38.5 Å². The largest absolute Gasteiger partial charge is 0.392 e. The van der Waals surface area contributed by atoms with Crippen LogP contribution in [0, 0.1) is 45.3 Å². The lowest BCUT2D eigenvalue weighted by Crippen LogP contribution is -2.69. The first-order valence-corrected chi connectivity index (χ1v) is 13.8. The van der Waals surface area contributed by atoms with Crippen molar-refractivity contribution in [3.8, 4) is 0 Å². The van der Waals surface area contributed by atoms with Gasteiger partial charge in [0.2, 0.25) is 0 Å². The predicted molar refractivity (Wildman–Crippen MR) is 130 cm³/mol. The molecule has 4 saturated carbocycles. The van der Waals surface area contributed by atoms with Gasteiger partial charge >= 0.3 is 0 Å². The summed E-state index contributed by atoms with van der Waals surface area (Å²) in [5.74, 6) is 1.52. The molecule has 192 valence electrons. The van der Waals surface area contributed by atoms with Crippen molar-refractivity contribution in [1.82, 2.24) is 0 Å². The van der Waals surface area contributed by atoms with Crippen molar-refractivity contribution in [2.24, 2.45) is 45.3 Å². The Bertz CT molecular complexity index is 882. The molecule has 34 heavy (non-hydrogen) atoms. The van der Waals surface area contributed by atoms with E-state index in [-0.39, 0.29) is 33.9 Å². The smallest absolute Gasteiger partial charge is 0.165 e. The number of carbonyl (C=O) groups excluding carboxylic acids is 2. The van der Waals surface area contributed by atoms with Gasteiger partial charge in [0.25, 0.3) is 0 Å². The second-order valence-corrected chi connectivity index (χ2v) is 13.7. The fourth-order valence-corrected chi connectivity index (χ4v) is 10.6. The van der Waals surface area contributed by atoms with E-state index in [4.69, 9.17) is 9.47 Å². The zero-order valence-corrected chi connectivity index (χ0v) is 22.4. The topological polar surface area (TPSA) is 72.8 Å². The van der Waals surface area contributed by atoms with Crippen LogP contribution in [0.4, 0.5) is 0 Å². The molecule has 0 amide bonds. The molecule has 1 aliphatic heterocycles. The number of hydrogen-bond donors (Lipinski definition) is 1. The summed E-state index contributed by atoms with van der Waals surface area (Å²) < 4.78 is 13.3.